The van der Waals surface area contributed by atoms with Crippen LogP contribution in [0.4, 0.5) is 17.6 Å². The number of hydrogen-bond donors (Lipinski definition) is 1. The topological polar surface area (TPSA) is 42.0 Å². The first-order valence-electron chi connectivity index (χ1n) is 7.46. The number of aromatic nitrogens is 1. The fraction of sp³-hybridized carbons (Fsp3) is 0.353. The number of rotatable bonds is 4. The van der Waals surface area contributed by atoms with Crippen molar-refractivity contribution in [3.8, 4) is 0 Å². The predicted octanol–water partition coefficient (Wildman–Crippen LogP) is 4.38. The molecule has 136 valence electrons. The summed E-state index contributed by atoms with van der Waals surface area (Å²) in [6.07, 6.45) is -3.09. The van der Waals surface area contributed by atoms with Crippen molar-refractivity contribution in [1.82, 2.24) is 9.71 Å². The van der Waals surface area contributed by atoms with Crippen molar-refractivity contribution in [2.45, 2.75) is 37.7 Å². The van der Waals surface area contributed by atoms with Gasteiger partial charge in [0.2, 0.25) is 0 Å². The second kappa shape index (κ2) is 7.21. The molecule has 1 N–H and O–H groups in total. The Morgan fingerprint density at radius 3 is 2.16 bits per heavy atom. The summed E-state index contributed by atoms with van der Waals surface area (Å²) in [6, 6.07) is 5.94. The van der Waals surface area contributed by atoms with Gasteiger partial charge >= 0.3 is 6.18 Å². The third kappa shape index (κ3) is 4.85. The molecule has 2 rings (SSSR count). The zero-order chi connectivity index (χ0) is 18.8. The van der Waals surface area contributed by atoms with Crippen LogP contribution in [0.3, 0.4) is 0 Å². The third-order valence-corrected chi connectivity index (χ3v) is 4.97. The monoisotopic (exact) mass is 374 g/mol. The average Bonchev–Trinajstić information content (AvgIpc) is 2.51. The molecule has 2 aromatic rings. The van der Waals surface area contributed by atoms with E-state index in [2.05, 4.69) is 9.71 Å². The molecule has 0 saturated heterocycles. The minimum atomic E-state index is -4.47. The molecule has 25 heavy (non-hydrogen) atoms. The van der Waals surface area contributed by atoms with Gasteiger partial charge in [-0.3, -0.25) is 4.98 Å². The smallest absolute Gasteiger partial charge is 0.256 e. The second-order valence-corrected chi connectivity index (χ2v) is 8.42. The molecule has 0 aliphatic rings. The molecule has 2 unspecified atom stereocenters. The molecule has 1 aromatic carbocycles. The molecule has 1 aromatic heterocycles. The van der Waals surface area contributed by atoms with Gasteiger partial charge in [-0.05, 0) is 50.6 Å². The van der Waals surface area contributed by atoms with Crippen LogP contribution >= 0.6 is 0 Å². The Morgan fingerprint density at radius 2 is 1.68 bits per heavy atom. The summed E-state index contributed by atoms with van der Waals surface area (Å²) in [6.45, 7) is 5.19. The van der Waals surface area contributed by atoms with Crippen molar-refractivity contribution in [3.05, 3.63) is 65.2 Å². The third-order valence-electron chi connectivity index (χ3n) is 3.41. The highest BCUT2D eigenvalue weighted by atomic mass is 32.2. The molecule has 1 heterocycles. The van der Waals surface area contributed by atoms with Crippen LogP contribution < -0.4 is 4.72 Å². The van der Waals surface area contributed by atoms with Gasteiger partial charge in [0.15, 0.2) is 0 Å². The van der Waals surface area contributed by atoms with Crippen LogP contribution in [0.5, 0.6) is 0 Å². The van der Waals surface area contributed by atoms with E-state index < -0.39 is 39.3 Å². The maximum absolute atomic E-state index is 14.2. The summed E-state index contributed by atoms with van der Waals surface area (Å²) >= 11 is 0. The lowest BCUT2D eigenvalue weighted by molar-refractivity contribution is -0.137. The van der Waals surface area contributed by atoms with Gasteiger partial charge in [-0.1, -0.05) is 12.1 Å². The van der Waals surface area contributed by atoms with E-state index in [1.54, 1.807) is 20.8 Å². The van der Waals surface area contributed by atoms with Crippen LogP contribution in [0.25, 0.3) is 0 Å². The number of benzene rings is 1. The van der Waals surface area contributed by atoms with E-state index in [0.29, 0.717) is 5.56 Å². The summed E-state index contributed by atoms with van der Waals surface area (Å²) < 4.78 is 66.9. The summed E-state index contributed by atoms with van der Waals surface area (Å²) in [7, 11) is -1.58. The van der Waals surface area contributed by atoms with Gasteiger partial charge in [0.25, 0.3) is 0 Å². The van der Waals surface area contributed by atoms with Crippen molar-refractivity contribution in [1.29, 1.82) is 0 Å². The number of nitrogens with one attached hydrogen (secondary N) is 1. The van der Waals surface area contributed by atoms with Crippen LogP contribution in [0.2, 0.25) is 0 Å². The SMILES string of the molecule is CC(C)(C)S(=O)NC(c1ccc(C(F)(F)F)cc1)c1ncccc1F. The summed E-state index contributed by atoms with van der Waals surface area (Å²) in [5.74, 6) is -0.634. The summed E-state index contributed by atoms with van der Waals surface area (Å²) in [4.78, 5) is 3.97. The summed E-state index contributed by atoms with van der Waals surface area (Å²) in [5, 5.41) is 0. The van der Waals surface area contributed by atoms with Crippen molar-refractivity contribution >= 4 is 11.0 Å². The standard InChI is InChI=1S/C17H18F4N2OS/c1-16(2,3)25(24)23-14(15-13(18)5-4-10-22-15)11-6-8-12(9-7-11)17(19,20)21/h4-10,14,23H,1-3H3. The molecule has 0 spiro atoms. The minimum Gasteiger partial charge on any atom is -0.256 e. The second-order valence-electron chi connectivity index (χ2n) is 6.42. The van der Waals surface area contributed by atoms with Gasteiger partial charge < -0.3 is 0 Å². The van der Waals surface area contributed by atoms with E-state index in [0.717, 1.165) is 12.1 Å². The van der Waals surface area contributed by atoms with Gasteiger partial charge in [0.1, 0.15) is 5.82 Å². The molecule has 0 aliphatic carbocycles. The van der Waals surface area contributed by atoms with Crippen LogP contribution in [-0.4, -0.2) is 13.9 Å². The van der Waals surface area contributed by atoms with E-state index in [-0.39, 0.29) is 5.69 Å². The molecule has 0 amide bonds. The Balaban J connectivity index is 2.45. The lowest BCUT2D eigenvalue weighted by Crippen LogP contribution is -2.36. The van der Waals surface area contributed by atoms with Gasteiger partial charge in [0.05, 0.1) is 33.0 Å². The van der Waals surface area contributed by atoms with E-state index in [4.69, 9.17) is 0 Å². The zero-order valence-corrected chi connectivity index (χ0v) is 14.7. The number of pyridine rings is 1. The van der Waals surface area contributed by atoms with Crippen LogP contribution in [-0.2, 0) is 17.2 Å². The van der Waals surface area contributed by atoms with Crippen LogP contribution in [0.1, 0.15) is 43.6 Å². The molecule has 0 bridgehead atoms. The molecule has 0 radical (unpaired) electrons. The Bertz CT molecular complexity index is 754. The first-order chi connectivity index (χ1) is 11.5. The molecule has 0 fully saturated rings. The predicted molar refractivity (Wildman–Crippen MR) is 88.5 cm³/mol. The van der Waals surface area contributed by atoms with E-state index >= 15 is 0 Å². The highest BCUT2D eigenvalue weighted by molar-refractivity contribution is 7.84. The van der Waals surface area contributed by atoms with Gasteiger partial charge in [-0.15, -0.1) is 0 Å². The average molecular weight is 374 g/mol. The summed E-state index contributed by atoms with van der Waals surface area (Å²) in [5.41, 5.74) is -0.503. The highest BCUT2D eigenvalue weighted by Crippen LogP contribution is 2.31. The first-order valence-corrected chi connectivity index (χ1v) is 8.61. The zero-order valence-electron chi connectivity index (χ0n) is 13.9. The molecule has 0 aliphatic heterocycles. The van der Waals surface area contributed by atoms with Crippen molar-refractivity contribution < 1.29 is 21.8 Å². The van der Waals surface area contributed by atoms with E-state index in [9.17, 15) is 21.8 Å². The largest absolute Gasteiger partial charge is 0.416 e. The van der Waals surface area contributed by atoms with Crippen molar-refractivity contribution in [3.63, 3.8) is 0 Å². The number of alkyl halides is 3. The Labute approximate surface area is 146 Å². The maximum atomic E-state index is 14.2. The number of halogens is 4. The Kier molecular flexibility index (Phi) is 5.63. The van der Waals surface area contributed by atoms with Crippen LogP contribution in [0, 0.1) is 5.82 Å². The van der Waals surface area contributed by atoms with E-state index in [1.165, 1.54) is 30.5 Å². The van der Waals surface area contributed by atoms with Gasteiger partial charge in [0, 0.05) is 6.20 Å². The maximum Gasteiger partial charge on any atom is 0.416 e. The van der Waals surface area contributed by atoms with Gasteiger partial charge in [-0.25, -0.2) is 13.3 Å². The molecule has 3 nitrogen and oxygen atoms in total. The molecule has 2 atom stereocenters. The first kappa shape index (κ1) is 19.5. The molecular formula is C17H18F4N2OS. The minimum absolute atomic E-state index is 0.0279. The Hall–Kier alpha value is -1.80. The lowest BCUT2D eigenvalue weighted by atomic mass is 10.0. The normalized spacial score (nSPS) is 15.0. The van der Waals surface area contributed by atoms with Crippen molar-refractivity contribution in [2.75, 3.05) is 0 Å². The van der Waals surface area contributed by atoms with Crippen molar-refractivity contribution in [2.24, 2.45) is 0 Å². The van der Waals surface area contributed by atoms with Crippen LogP contribution in [0.15, 0.2) is 42.6 Å². The number of nitrogens with zero attached hydrogens (tertiary/aromatic N) is 1. The molecule has 0 saturated carbocycles. The highest BCUT2D eigenvalue weighted by Gasteiger charge is 2.31. The van der Waals surface area contributed by atoms with Gasteiger partial charge in [-0.2, -0.15) is 13.2 Å². The fourth-order valence-electron chi connectivity index (χ4n) is 2.04. The quantitative estimate of drug-likeness (QED) is 0.807. The molecule has 8 heteroatoms. The lowest BCUT2D eigenvalue weighted by Gasteiger charge is -2.24. The van der Waals surface area contributed by atoms with E-state index in [1.807, 2.05) is 0 Å². The molecular weight excluding hydrogens is 356 g/mol. The Morgan fingerprint density at radius 1 is 1.08 bits per heavy atom. The fourth-order valence-corrected chi connectivity index (χ4v) is 2.86. The number of hydrogen-bond acceptors (Lipinski definition) is 2.